The highest BCUT2D eigenvalue weighted by atomic mass is 16.5. The number of carbonyl (C=O) groups is 1. The molecule has 82 valence electrons. The molecule has 0 aromatic rings. The van der Waals surface area contributed by atoms with Crippen LogP contribution in [0.3, 0.4) is 0 Å². The first-order valence-electron chi connectivity index (χ1n) is 5.40. The highest BCUT2D eigenvalue weighted by Gasteiger charge is 2.23. The van der Waals surface area contributed by atoms with Gasteiger partial charge in [-0.15, -0.1) is 0 Å². The number of nitrogens with one attached hydrogen (secondary N) is 2. The van der Waals surface area contributed by atoms with E-state index in [2.05, 4.69) is 10.6 Å². The molecule has 14 heavy (non-hydrogen) atoms. The quantitative estimate of drug-likeness (QED) is 0.718. The average Bonchev–Trinajstić information content (AvgIpc) is 2.67. The van der Waals surface area contributed by atoms with Crippen LogP contribution in [-0.4, -0.2) is 31.3 Å². The zero-order valence-electron chi connectivity index (χ0n) is 9.01. The van der Waals surface area contributed by atoms with Crippen molar-refractivity contribution >= 4 is 6.03 Å². The van der Waals surface area contributed by atoms with Gasteiger partial charge in [0, 0.05) is 13.2 Å². The van der Waals surface area contributed by atoms with Crippen molar-refractivity contribution in [1.82, 2.24) is 10.6 Å². The largest absolute Gasteiger partial charge is 0.376 e. The van der Waals surface area contributed by atoms with Crippen LogP contribution in [0.2, 0.25) is 0 Å². The lowest BCUT2D eigenvalue weighted by Gasteiger charge is -2.20. The third-order valence-corrected chi connectivity index (χ3v) is 2.42. The molecule has 1 saturated heterocycles. The van der Waals surface area contributed by atoms with Gasteiger partial charge in [-0.25, -0.2) is 4.79 Å². The summed E-state index contributed by atoms with van der Waals surface area (Å²) >= 11 is 0. The van der Waals surface area contributed by atoms with E-state index in [-0.39, 0.29) is 18.2 Å². The minimum atomic E-state index is -0.0881. The molecule has 1 rings (SSSR count). The van der Waals surface area contributed by atoms with Crippen LogP contribution in [0.5, 0.6) is 0 Å². The Kier molecular flexibility index (Phi) is 4.73. The molecule has 1 heterocycles. The molecule has 4 nitrogen and oxygen atoms in total. The molecule has 2 atom stereocenters. The van der Waals surface area contributed by atoms with Gasteiger partial charge in [-0.05, 0) is 26.2 Å². The van der Waals surface area contributed by atoms with Crippen LogP contribution in [-0.2, 0) is 4.74 Å². The number of hydrogen-bond acceptors (Lipinski definition) is 2. The van der Waals surface area contributed by atoms with Crippen molar-refractivity contribution in [2.45, 2.75) is 45.3 Å². The Morgan fingerprint density at radius 2 is 2.43 bits per heavy atom. The fraction of sp³-hybridized carbons (Fsp3) is 0.900. The minimum Gasteiger partial charge on any atom is -0.376 e. The number of hydrogen-bond donors (Lipinski definition) is 2. The first kappa shape index (κ1) is 11.3. The van der Waals surface area contributed by atoms with Gasteiger partial charge in [0.2, 0.25) is 0 Å². The molecule has 2 N–H and O–H groups in total. The summed E-state index contributed by atoms with van der Waals surface area (Å²) < 4.78 is 5.48. The third-order valence-electron chi connectivity index (χ3n) is 2.42. The maximum atomic E-state index is 11.3. The van der Waals surface area contributed by atoms with Gasteiger partial charge in [-0.3, -0.25) is 0 Å². The van der Waals surface area contributed by atoms with Gasteiger partial charge in [0.25, 0.3) is 0 Å². The van der Waals surface area contributed by atoms with E-state index in [1.807, 2.05) is 13.8 Å². The second-order valence-electron chi connectivity index (χ2n) is 3.74. The Labute approximate surface area is 85.4 Å². The molecular weight excluding hydrogens is 180 g/mol. The summed E-state index contributed by atoms with van der Waals surface area (Å²) in [6.45, 7) is 5.57. The van der Waals surface area contributed by atoms with Crippen LogP contribution in [0.1, 0.15) is 33.1 Å². The monoisotopic (exact) mass is 200 g/mol. The lowest BCUT2D eigenvalue weighted by atomic mass is 10.1. The smallest absolute Gasteiger partial charge is 0.315 e. The van der Waals surface area contributed by atoms with Crippen LogP contribution in [0.4, 0.5) is 4.79 Å². The summed E-state index contributed by atoms with van der Waals surface area (Å²) in [4.78, 5) is 11.3. The molecule has 0 saturated carbocycles. The van der Waals surface area contributed by atoms with Crippen LogP contribution < -0.4 is 10.6 Å². The van der Waals surface area contributed by atoms with E-state index in [1.165, 1.54) is 0 Å². The zero-order valence-corrected chi connectivity index (χ0v) is 9.01. The Hall–Kier alpha value is -0.770. The summed E-state index contributed by atoms with van der Waals surface area (Å²) in [6, 6.07) is 0.0178. The van der Waals surface area contributed by atoms with E-state index in [1.54, 1.807) is 0 Å². The molecule has 0 spiro atoms. The minimum absolute atomic E-state index is 0.0881. The normalized spacial score (nSPS) is 23.1. The second-order valence-corrected chi connectivity index (χ2v) is 3.74. The molecule has 1 aliphatic heterocycles. The van der Waals surface area contributed by atoms with Crippen LogP contribution >= 0.6 is 0 Å². The first-order valence-corrected chi connectivity index (χ1v) is 5.40. The van der Waals surface area contributed by atoms with Gasteiger partial charge < -0.3 is 15.4 Å². The van der Waals surface area contributed by atoms with Crippen LogP contribution in [0.25, 0.3) is 0 Å². The van der Waals surface area contributed by atoms with E-state index in [4.69, 9.17) is 4.74 Å². The predicted octanol–water partition coefficient (Wildman–Crippen LogP) is 1.26. The molecule has 0 aliphatic carbocycles. The van der Waals surface area contributed by atoms with Crippen molar-refractivity contribution in [3.8, 4) is 0 Å². The summed E-state index contributed by atoms with van der Waals surface area (Å²) in [7, 11) is 0. The maximum absolute atomic E-state index is 11.3. The van der Waals surface area contributed by atoms with Gasteiger partial charge >= 0.3 is 6.03 Å². The number of urea groups is 1. The Morgan fingerprint density at radius 1 is 1.64 bits per heavy atom. The first-order chi connectivity index (χ1) is 6.74. The molecule has 0 radical (unpaired) electrons. The van der Waals surface area contributed by atoms with Gasteiger partial charge in [0.05, 0.1) is 12.1 Å². The Balaban J connectivity index is 2.18. The van der Waals surface area contributed by atoms with Gasteiger partial charge in [-0.1, -0.05) is 6.92 Å². The topological polar surface area (TPSA) is 50.4 Å². The summed E-state index contributed by atoms with van der Waals surface area (Å²) in [5, 5.41) is 5.66. The fourth-order valence-corrected chi connectivity index (χ4v) is 1.59. The van der Waals surface area contributed by atoms with Crippen LogP contribution in [0.15, 0.2) is 0 Å². The van der Waals surface area contributed by atoms with Crippen molar-refractivity contribution in [2.24, 2.45) is 0 Å². The number of ether oxygens (including phenoxy) is 1. The number of carbonyl (C=O) groups excluding carboxylic acids is 1. The average molecular weight is 200 g/mol. The molecule has 1 aliphatic rings. The molecule has 4 heteroatoms. The molecule has 2 amide bonds. The summed E-state index contributed by atoms with van der Waals surface area (Å²) in [6.07, 6.45) is 3.31. The summed E-state index contributed by atoms with van der Waals surface area (Å²) in [5.41, 5.74) is 0. The Morgan fingerprint density at radius 3 is 3.00 bits per heavy atom. The van der Waals surface area contributed by atoms with Gasteiger partial charge in [-0.2, -0.15) is 0 Å². The second kappa shape index (κ2) is 5.86. The molecule has 0 bridgehead atoms. The fourth-order valence-electron chi connectivity index (χ4n) is 1.59. The third kappa shape index (κ3) is 3.54. The van der Waals surface area contributed by atoms with Crippen molar-refractivity contribution in [3.63, 3.8) is 0 Å². The molecule has 0 aromatic carbocycles. The lowest BCUT2D eigenvalue weighted by molar-refractivity contribution is 0.0860. The lowest BCUT2D eigenvalue weighted by Crippen LogP contribution is -2.46. The van der Waals surface area contributed by atoms with Crippen molar-refractivity contribution in [2.75, 3.05) is 13.2 Å². The molecular formula is C10H20N2O2. The van der Waals surface area contributed by atoms with Gasteiger partial charge in [0.1, 0.15) is 0 Å². The molecule has 0 aromatic heterocycles. The SMILES string of the molecule is CCCNC(=O)NC(C)C1CCCO1. The van der Waals surface area contributed by atoms with E-state index in [9.17, 15) is 4.79 Å². The van der Waals surface area contributed by atoms with Gasteiger partial charge in [0.15, 0.2) is 0 Å². The Bertz CT molecular complexity index is 179. The maximum Gasteiger partial charge on any atom is 0.315 e. The predicted molar refractivity (Wildman–Crippen MR) is 55.3 cm³/mol. The number of rotatable bonds is 4. The summed E-state index contributed by atoms with van der Waals surface area (Å²) in [5.74, 6) is 0. The van der Waals surface area contributed by atoms with E-state index >= 15 is 0 Å². The highest BCUT2D eigenvalue weighted by Crippen LogP contribution is 2.15. The van der Waals surface area contributed by atoms with E-state index in [0.717, 1.165) is 32.4 Å². The zero-order chi connectivity index (χ0) is 10.4. The number of amides is 2. The molecule has 2 unspecified atom stereocenters. The highest BCUT2D eigenvalue weighted by molar-refractivity contribution is 5.74. The van der Waals surface area contributed by atoms with E-state index < -0.39 is 0 Å². The standard InChI is InChI=1S/C10H20N2O2/c1-3-6-11-10(13)12-8(2)9-5-4-7-14-9/h8-9H,3-7H2,1-2H3,(H2,11,12,13). The van der Waals surface area contributed by atoms with Crippen molar-refractivity contribution in [3.05, 3.63) is 0 Å². The van der Waals surface area contributed by atoms with Crippen LogP contribution in [0, 0.1) is 0 Å². The van der Waals surface area contributed by atoms with Crippen molar-refractivity contribution < 1.29 is 9.53 Å². The van der Waals surface area contributed by atoms with E-state index in [0.29, 0.717) is 0 Å². The van der Waals surface area contributed by atoms with Crippen molar-refractivity contribution in [1.29, 1.82) is 0 Å². The molecule has 1 fully saturated rings.